The summed E-state index contributed by atoms with van der Waals surface area (Å²) in [7, 11) is 0. The second-order valence-electron chi connectivity index (χ2n) is 6.38. The van der Waals surface area contributed by atoms with Crippen molar-refractivity contribution in [2.24, 2.45) is 0 Å². The smallest absolute Gasteiger partial charge is 0.243 e. The molecule has 0 saturated heterocycles. The second kappa shape index (κ2) is 9.64. The van der Waals surface area contributed by atoms with Crippen molar-refractivity contribution < 1.29 is 23.1 Å². The van der Waals surface area contributed by atoms with Crippen molar-refractivity contribution in [2.75, 3.05) is 18.5 Å². The average molecular weight is 398 g/mol. The summed E-state index contributed by atoms with van der Waals surface area (Å²) in [6.07, 6.45) is 0.442. The summed E-state index contributed by atoms with van der Waals surface area (Å²) in [6.45, 7) is -0.0618. The highest BCUT2D eigenvalue weighted by Gasteiger charge is 2.09. The Balaban J connectivity index is 1.39. The fraction of sp³-hybridized carbons (Fsp3) is 0.182. The minimum Gasteiger partial charge on any atom is -0.491 e. The molecule has 0 unspecified atom stereocenters. The molecule has 0 saturated carbocycles. The van der Waals surface area contributed by atoms with Crippen LogP contribution in [0.4, 0.5) is 14.5 Å². The number of hydrogen-bond acceptors (Lipinski definition) is 3. The van der Waals surface area contributed by atoms with Crippen molar-refractivity contribution in [1.29, 1.82) is 0 Å². The van der Waals surface area contributed by atoms with Gasteiger partial charge in [-0.05, 0) is 30.0 Å². The molecule has 0 aliphatic carbocycles. The first kappa shape index (κ1) is 20.3. The van der Waals surface area contributed by atoms with Crippen LogP contribution in [-0.2, 0) is 9.59 Å². The fourth-order valence-corrected chi connectivity index (χ4v) is 2.80. The molecule has 29 heavy (non-hydrogen) atoms. The van der Waals surface area contributed by atoms with Crippen LogP contribution in [-0.4, -0.2) is 25.0 Å². The number of rotatable bonds is 8. The predicted octanol–water partition coefficient (Wildman–Crippen LogP) is 4.03. The van der Waals surface area contributed by atoms with E-state index in [4.69, 9.17) is 4.74 Å². The molecule has 0 aliphatic heterocycles. The Labute approximate surface area is 166 Å². The summed E-state index contributed by atoms with van der Waals surface area (Å²) in [5, 5.41) is 7.25. The number of ether oxygens (including phenoxy) is 1. The van der Waals surface area contributed by atoms with E-state index in [0.717, 1.165) is 22.9 Å². The van der Waals surface area contributed by atoms with Gasteiger partial charge in [0.1, 0.15) is 5.82 Å². The van der Waals surface area contributed by atoms with Crippen molar-refractivity contribution in [1.82, 2.24) is 5.32 Å². The molecule has 0 fully saturated rings. The first-order chi connectivity index (χ1) is 14.0. The van der Waals surface area contributed by atoms with Crippen LogP contribution >= 0.6 is 0 Å². The molecule has 2 N–H and O–H groups in total. The van der Waals surface area contributed by atoms with E-state index in [2.05, 4.69) is 10.6 Å². The maximum absolute atomic E-state index is 13.4. The van der Waals surface area contributed by atoms with Crippen LogP contribution in [0.1, 0.15) is 12.8 Å². The van der Waals surface area contributed by atoms with Crippen molar-refractivity contribution in [3.05, 3.63) is 72.3 Å². The monoisotopic (exact) mass is 398 g/mol. The van der Waals surface area contributed by atoms with Crippen LogP contribution < -0.4 is 15.4 Å². The van der Waals surface area contributed by atoms with Gasteiger partial charge in [0.25, 0.3) is 0 Å². The average Bonchev–Trinajstić information content (AvgIpc) is 2.71. The molecule has 0 atom stereocenters. The Hall–Kier alpha value is -3.48. The summed E-state index contributed by atoms with van der Waals surface area (Å²) in [5.41, 5.74) is 0.678. The van der Waals surface area contributed by atoms with Crippen molar-refractivity contribution in [3.63, 3.8) is 0 Å². The van der Waals surface area contributed by atoms with Gasteiger partial charge in [0.05, 0.1) is 13.2 Å². The first-order valence-corrected chi connectivity index (χ1v) is 9.15. The topological polar surface area (TPSA) is 67.4 Å². The maximum atomic E-state index is 13.4. The summed E-state index contributed by atoms with van der Waals surface area (Å²) >= 11 is 0. The molecule has 150 valence electrons. The Kier molecular flexibility index (Phi) is 6.73. The molecule has 7 heteroatoms. The summed E-state index contributed by atoms with van der Waals surface area (Å²) in [6, 6.07) is 16.3. The standard InChI is InChI=1S/C22H20F2N2O3/c23-16-10-11-20(18(24)13-16)29-12-4-9-21(27)25-14-22(28)26-19-8-3-6-15-5-1-2-7-17(15)19/h1-3,5-8,10-11,13H,4,9,12,14H2,(H,25,27)(H,26,28). The molecule has 3 rings (SSSR count). The van der Waals surface area contributed by atoms with Gasteiger partial charge in [0.2, 0.25) is 11.8 Å². The minimum atomic E-state index is -0.792. The molecular formula is C22H20F2N2O3. The predicted molar refractivity (Wildman–Crippen MR) is 107 cm³/mol. The van der Waals surface area contributed by atoms with Crippen molar-refractivity contribution in [3.8, 4) is 5.75 Å². The third kappa shape index (κ3) is 5.75. The van der Waals surface area contributed by atoms with Crippen LogP contribution in [0.3, 0.4) is 0 Å². The Bertz CT molecular complexity index is 1020. The van der Waals surface area contributed by atoms with E-state index >= 15 is 0 Å². The fourth-order valence-electron chi connectivity index (χ4n) is 2.80. The molecule has 5 nitrogen and oxygen atoms in total. The van der Waals surface area contributed by atoms with E-state index in [1.54, 1.807) is 6.07 Å². The molecule has 0 spiro atoms. The Morgan fingerprint density at radius 1 is 0.931 bits per heavy atom. The number of fused-ring (bicyclic) bond motifs is 1. The molecule has 3 aromatic rings. The summed E-state index contributed by atoms with van der Waals surface area (Å²) in [5.74, 6) is -2.20. The normalized spacial score (nSPS) is 10.6. The first-order valence-electron chi connectivity index (χ1n) is 9.15. The highest BCUT2D eigenvalue weighted by Crippen LogP contribution is 2.22. The third-order valence-corrected chi connectivity index (χ3v) is 4.21. The lowest BCUT2D eigenvalue weighted by atomic mass is 10.1. The van der Waals surface area contributed by atoms with Gasteiger partial charge in [-0.2, -0.15) is 0 Å². The van der Waals surface area contributed by atoms with Gasteiger partial charge in [-0.1, -0.05) is 36.4 Å². The van der Waals surface area contributed by atoms with Gasteiger partial charge in [0, 0.05) is 23.6 Å². The van der Waals surface area contributed by atoms with E-state index < -0.39 is 11.6 Å². The zero-order valence-corrected chi connectivity index (χ0v) is 15.6. The number of nitrogens with one attached hydrogen (secondary N) is 2. The zero-order valence-electron chi connectivity index (χ0n) is 15.6. The van der Waals surface area contributed by atoms with Crippen LogP contribution in [0.2, 0.25) is 0 Å². The van der Waals surface area contributed by atoms with Crippen molar-refractivity contribution in [2.45, 2.75) is 12.8 Å². The zero-order chi connectivity index (χ0) is 20.6. The van der Waals surface area contributed by atoms with E-state index in [-0.39, 0.29) is 37.1 Å². The molecule has 0 radical (unpaired) electrons. The highest BCUT2D eigenvalue weighted by atomic mass is 19.1. The molecule has 0 heterocycles. The van der Waals surface area contributed by atoms with Gasteiger partial charge < -0.3 is 15.4 Å². The number of amides is 2. The lowest BCUT2D eigenvalue weighted by molar-refractivity contribution is -0.124. The third-order valence-electron chi connectivity index (χ3n) is 4.21. The van der Waals surface area contributed by atoms with Crippen LogP contribution in [0.15, 0.2) is 60.7 Å². The molecule has 2 amide bonds. The summed E-state index contributed by atoms with van der Waals surface area (Å²) < 4.78 is 31.4. The van der Waals surface area contributed by atoms with Gasteiger partial charge in [0.15, 0.2) is 11.6 Å². The minimum absolute atomic E-state index is 0.0683. The number of hydrogen-bond donors (Lipinski definition) is 2. The van der Waals surface area contributed by atoms with E-state index in [9.17, 15) is 18.4 Å². The number of anilines is 1. The molecule has 0 aromatic heterocycles. The van der Waals surface area contributed by atoms with E-state index in [0.29, 0.717) is 12.1 Å². The summed E-state index contributed by atoms with van der Waals surface area (Å²) in [4.78, 5) is 24.0. The van der Waals surface area contributed by atoms with Gasteiger partial charge in [-0.3, -0.25) is 9.59 Å². The lowest BCUT2D eigenvalue weighted by Gasteiger charge is -2.10. The van der Waals surface area contributed by atoms with Crippen LogP contribution in [0.25, 0.3) is 10.8 Å². The Morgan fingerprint density at radius 2 is 1.72 bits per heavy atom. The van der Waals surface area contributed by atoms with Crippen molar-refractivity contribution >= 4 is 28.3 Å². The van der Waals surface area contributed by atoms with E-state index in [1.165, 1.54) is 6.07 Å². The lowest BCUT2D eigenvalue weighted by Crippen LogP contribution is -2.32. The molecule has 3 aromatic carbocycles. The number of carbonyl (C=O) groups is 2. The Morgan fingerprint density at radius 3 is 2.55 bits per heavy atom. The number of halogens is 2. The maximum Gasteiger partial charge on any atom is 0.243 e. The molecular weight excluding hydrogens is 378 g/mol. The van der Waals surface area contributed by atoms with Crippen LogP contribution in [0.5, 0.6) is 5.75 Å². The van der Waals surface area contributed by atoms with Gasteiger partial charge in [-0.15, -0.1) is 0 Å². The highest BCUT2D eigenvalue weighted by molar-refractivity contribution is 6.03. The van der Waals surface area contributed by atoms with Gasteiger partial charge >= 0.3 is 0 Å². The quantitative estimate of drug-likeness (QED) is 0.563. The molecule has 0 aliphatic rings. The SMILES string of the molecule is O=C(CCCOc1ccc(F)cc1F)NCC(=O)Nc1cccc2ccccc12. The van der Waals surface area contributed by atoms with E-state index in [1.807, 2.05) is 36.4 Å². The molecule has 0 bridgehead atoms. The largest absolute Gasteiger partial charge is 0.491 e. The van der Waals surface area contributed by atoms with Gasteiger partial charge in [-0.25, -0.2) is 8.78 Å². The van der Waals surface area contributed by atoms with Crippen LogP contribution in [0, 0.1) is 11.6 Å². The second-order valence-corrected chi connectivity index (χ2v) is 6.38. The number of carbonyl (C=O) groups excluding carboxylic acids is 2. The number of benzene rings is 3.